The van der Waals surface area contributed by atoms with Crippen LogP contribution < -0.4 is 0 Å². The van der Waals surface area contributed by atoms with E-state index in [1.54, 1.807) is 0 Å². The van der Waals surface area contributed by atoms with Gasteiger partial charge in [0, 0.05) is 3.57 Å². The first-order valence-corrected chi connectivity index (χ1v) is 7.44. The fourth-order valence-electron chi connectivity index (χ4n) is 2.36. The quantitative estimate of drug-likeness (QED) is 0.836. The van der Waals surface area contributed by atoms with Crippen LogP contribution in [0.5, 0.6) is 0 Å². The molecule has 3 nitrogen and oxygen atoms in total. The van der Waals surface area contributed by atoms with Gasteiger partial charge in [0.25, 0.3) is 0 Å². The smallest absolute Gasteiger partial charge is 0.169 e. The molecule has 0 spiro atoms. The highest BCUT2D eigenvalue weighted by molar-refractivity contribution is 14.1. The zero-order valence-electron chi connectivity index (χ0n) is 10.7. The maximum atomic E-state index is 9.50. The van der Waals surface area contributed by atoms with Gasteiger partial charge in [0.15, 0.2) is 5.79 Å². The predicted octanol–water partition coefficient (Wildman–Crippen LogP) is 3.26. The molecule has 1 heterocycles. The Labute approximate surface area is 122 Å². The summed E-state index contributed by atoms with van der Waals surface area (Å²) in [5.41, 5.74) is 1.10. The molecule has 18 heavy (non-hydrogen) atoms. The number of hydrogen-bond donors (Lipinski definition) is 1. The molecule has 0 radical (unpaired) electrons. The van der Waals surface area contributed by atoms with Crippen molar-refractivity contribution in [3.05, 3.63) is 33.4 Å². The molecule has 2 atom stereocenters. The third-order valence-corrected chi connectivity index (χ3v) is 4.50. The van der Waals surface area contributed by atoms with Crippen LogP contribution in [0.3, 0.4) is 0 Å². The minimum atomic E-state index is -0.545. The van der Waals surface area contributed by atoms with Crippen molar-refractivity contribution >= 4 is 22.6 Å². The molecular formula is C14H19IO3. The molecule has 100 valence electrons. The molecule has 1 fully saturated rings. The Bertz CT molecular complexity index is 404. The summed E-state index contributed by atoms with van der Waals surface area (Å²) in [5.74, 6) is -0.545. The molecule has 0 amide bonds. The largest absolute Gasteiger partial charge is 0.394 e. The standard InChI is InChI=1S/C14H19IO3/c1-3-14(4-2)17-12(9-16)13(18-14)10-7-5-6-8-11(10)15/h5-8,12-13,16H,3-4,9H2,1-2H3/t12-,13-/m1/s1. The van der Waals surface area contributed by atoms with Crippen LogP contribution >= 0.6 is 22.6 Å². The van der Waals surface area contributed by atoms with Gasteiger partial charge in [-0.1, -0.05) is 32.0 Å². The van der Waals surface area contributed by atoms with Crippen molar-refractivity contribution in [2.75, 3.05) is 6.61 Å². The number of aliphatic hydroxyl groups excluding tert-OH is 1. The first-order valence-electron chi connectivity index (χ1n) is 6.36. The van der Waals surface area contributed by atoms with Crippen LogP contribution in [0.4, 0.5) is 0 Å². The Morgan fingerprint density at radius 2 is 1.89 bits per heavy atom. The summed E-state index contributed by atoms with van der Waals surface area (Å²) in [6.07, 6.45) is 1.13. The van der Waals surface area contributed by atoms with Crippen molar-refractivity contribution in [3.8, 4) is 0 Å². The highest BCUT2D eigenvalue weighted by Crippen LogP contribution is 2.42. The summed E-state index contributed by atoms with van der Waals surface area (Å²) in [6, 6.07) is 8.08. The Morgan fingerprint density at radius 3 is 2.44 bits per heavy atom. The van der Waals surface area contributed by atoms with Crippen molar-refractivity contribution in [3.63, 3.8) is 0 Å². The van der Waals surface area contributed by atoms with E-state index in [4.69, 9.17) is 9.47 Å². The Morgan fingerprint density at radius 1 is 1.22 bits per heavy atom. The number of ether oxygens (including phenoxy) is 2. The van der Waals surface area contributed by atoms with E-state index in [-0.39, 0.29) is 18.8 Å². The summed E-state index contributed by atoms with van der Waals surface area (Å²) in [4.78, 5) is 0. The van der Waals surface area contributed by atoms with Gasteiger partial charge in [0.05, 0.1) is 6.61 Å². The van der Waals surface area contributed by atoms with Gasteiger partial charge in [0.1, 0.15) is 12.2 Å². The van der Waals surface area contributed by atoms with Gasteiger partial charge in [-0.2, -0.15) is 0 Å². The normalized spacial score (nSPS) is 26.4. The highest BCUT2D eigenvalue weighted by Gasteiger charge is 2.46. The van der Waals surface area contributed by atoms with Crippen molar-refractivity contribution in [1.82, 2.24) is 0 Å². The van der Waals surface area contributed by atoms with Crippen LogP contribution in [0.15, 0.2) is 24.3 Å². The van der Waals surface area contributed by atoms with E-state index in [1.165, 1.54) is 0 Å². The van der Waals surface area contributed by atoms with Gasteiger partial charge in [-0.15, -0.1) is 0 Å². The Balaban J connectivity index is 2.30. The monoisotopic (exact) mass is 362 g/mol. The maximum absolute atomic E-state index is 9.50. The first kappa shape index (κ1) is 14.2. The zero-order chi connectivity index (χ0) is 13.2. The topological polar surface area (TPSA) is 38.7 Å². The minimum Gasteiger partial charge on any atom is -0.394 e. The van der Waals surface area contributed by atoms with Crippen LogP contribution in [0.2, 0.25) is 0 Å². The van der Waals surface area contributed by atoms with E-state index < -0.39 is 5.79 Å². The van der Waals surface area contributed by atoms with Gasteiger partial charge >= 0.3 is 0 Å². The van der Waals surface area contributed by atoms with Crippen LogP contribution in [-0.2, 0) is 9.47 Å². The van der Waals surface area contributed by atoms with Crippen LogP contribution in [0, 0.1) is 3.57 Å². The summed E-state index contributed by atoms with van der Waals surface area (Å²) in [5, 5.41) is 9.50. The maximum Gasteiger partial charge on any atom is 0.169 e. The van der Waals surface area contributed by atoms with Gasteiger partial charge < -0.3 is 14.6 Å². The highest BCUT2D eigenvalue weighted by atomic mass is 127. The summed E-state index contributed by atoms with van der Waals surface area (Å²) < 4.78 is 13.2. The Hall–Kier alpha value is -0.170. The van der Waals surface area contributed by atoms with E-state index in [9.17, 15) is 5.11 Å². The van der Waals surface area contributed by atoms with Gasteiger partial charge in [-0.25, -0.2) is 0 Å². The van der Waals surface area contributed by atoms with Crippen LogP contribution in [0.1, 0.15) is 38.4 Å². The fraction of sp³-hybridized carbons (Fsp3) is 0.571. The molecule has 1 aliphatic heterocycles. The molecule has 0 bridgehead atoms. The van der Waals surface area contributed by atoms with Crippen LogP contribution in [0.25, 0.3) is 0 Å². The van der Waals surface area contributed by atoms with Crippen molar-refractivity contribution < 1.29 is 14.6 Å². The number of aliphatic hydroxyl groups is 1. The molecule has 1 aromatic rings. The molecule has 1 aromatic carbocycles. The molecule has 0 unspecified atom stereocenters. The lowest BCUT2D eigenvalue weighted by atomic mass is 10.1. The summed E-state index contributed by atoms with van der Waals surface area (Å²) in [7, 11) is 0. The van der Waals surface area contributed by atoms with E-state index in [0.29, 0.717) is 0 Å². The van der Waals surface area contributed by atoms with Crippen molar-refractivity contribution in [1.29, 1.82) is 0 Å². The number of rotatable bonds is 4. The molecule has 1 saturated heterocycles. The fourth-order valence-corrected chi connectivity index (χ4v) is 3.05. The molecule has 2 rings (SSSR count). The third-order valence-electron chi connectivity index (χ3n) is 3.51. The molecule has 0 aliphatic carbocycles. The lowest BCUT2D eigenvalue weighted by Gasteiger charge is -2.25. The van der Waals surface area contributed by atoms with Gasteiger partial charge in [0.2, 0.25) is 0 Å². The van der Waals surface area contributed by atoms with E-state index in [2.05, 4.69) is 36.4 Å². The predicted molar refractivity (Wildman–Crippen MR) is 78.3 cm³/mol. The number of halogens is 1. The second kappa shape index (κ2) is 5.86. The minimum absolute atomic E-state index is 0.0165. The first-order chi connectivity index (χ1) is 8.65. The zero-order valence-corrected chi connectivity index (χ0v) is 12.9. The molecule has 0 aromatic heterocycles. The molecule has 4 heteroatoms. The molecule has 1 N–H and O–H groups in total. The SMILES string of the molecule is CCC1(CC)O[C@H](c2ccccc2I)[C@@H](CO)O1. The third kappa shape index (κ3) is 2.57. The summed E-state index contributed by atoms with van der Waals surface area (Å²) in [6.45, 7) is 4.09. The molecule has 1 aliphatic rings. The van der Waals surface area contributed by atoms with Gasteiger partial charge in [-0.3, -0.25) is 0 Å². The van der Waals surface area contributed by atoms with Crippen LogP contribution in [-0.4, -0.2) is 23.6 Å². The average molecular weight is 362 g/mol. The number of hydrogen-bond acceptors (Lipinski definition) is 3. The van der Waals surface area contributed by atoms with E-state index in [1.807, 2.05) is 24.3 Å². The lowest BCUT2D eigenvalue weighted by molar-refractivity contribution is -0.181. The summed E-state index contributed by atoms with van der Waals surface area (Å²) >= 11 is 2.30. The van der Waals surface area contributed by atoms with Crippen molar-refractivity contribution in [2.24, 2.45) is 0 Å². The Kier molecular flexibility index (Phi) is 4.64. The second-order valence-corrected chi connectivity index (χ2v) is 5.68. The molecule has 0 saturated carbocycles. The average Bonchev–Trinajstić information content (AvgIpc) is 2.79. The number of benzene rings is 1. The molecular weight excluding hydrogens is 343 g/mol. The second-order valence-electron chi connectivity index (χ2n) is 4.52. The van der Waals surface area contributed by atoms with E-state index in [0.717, 1.165) is 22.0 Å². The van der Waals surface area contributed by atoms with E-state index >= 15 is 0 Å². The van der Waals surface area contributed by atoms with Gasteiger partial charge in [-0.05, 0) is 47.1 Å². The van der Waals surface area contributed by atoms with Crippen molar-refractivity contribution in [2.45, 2.75) is 44.7 Å². The lowest BCUT2D eigenvalue weighted by Crippen LogP contribution is -2.29.